The molecule has 68 heavy (non-hydrogen) atoms. The molecular weight excluding hydrogens is 1020 g/mol. The number of furan rings is 1. The number of benzene rings is 5. The molecule has 5 aromatic carbocycles. The van der Waals surface area contributed by atoms with Gasteiger partial charge in [0.1, 0.15) is 11.2 Å². The van der Waals surface area contributed by atoms with Crippen molar-refractivity contribution in [1.82, 2.24) is 15.0 Å². The number of pyridine rings is 3. The van der Waals surface area contributed by atoms with Gasteiger partial charge in [-0.3, -0.25) is 15.0 Å². The van der Waals surface area contributed by atoms with Crippen LogP contribution in [0.2, 0.25) is 19.6 Å². The van der Waals surface area contributed by atoms with Gasteiger partial charge in [-0.1, -0.05) is 184 Å². The van der Waals surface area contributed by atoms with E-state index in [2.05, 4.69) is 225 Å². The van der Waals surface area contributed by atoms with E-state index >= 15 is 0 Å². The largest absolute Gasteiger partial charge is 0.455 e. The Morgan fingerprint density at radius 1 is 0.500 bits per heavy atom. The van der Waals surface area contributed by atoms with Crippen LogP contribution in [-0.2, 0) is 39.4 Å². The van der Waals surface area contributed by atoms with E-state index in [-0.39, 0.29) is 20.1 Å². The maximum absolute atomic E-state index is 6.28. The summed E-state index contributed by atoms with van der Waals surface area (Å²) in [6.45, 7) is 25.4. The first kappa shape index (κ1) is 51.6. The number of hydrogen-bond acceptors (Lipinski definition) is 4. The Labute approximate surface area is 421 Å². The van der Waals surface area contributed by atoms with Crippen LogP contribution in [0.1, 0.15) is 72.1 Å². The van der Waals surface area contributed by atoms with Crippen LogP contribution in [-0.4, -0.2) is 23.0 Å². The first-order chi connectivity index (χ1) is 31.9. The summed E-state index contributed by atoms with van der Waals surface area (Å²) >= 11 is 0. The van der Waals surface area contributed by atoms with E-state index in [9.17, 15) is 0 Å². The Morgan fingerprint density at radius 2 is 1.03 bits per heavy atom. The number of hydrogen-bond donors (Lipinski definition) is 0. The van der Waals surface area contributed by atoms with Crippen molar-refractivity contribution in [3.05, 3.63) is 193 Å². The molecule has 0 spiro atoms. The van der Waals surface area contributed by atoms with Crippen LogP contribution in [0.4, 0.5) is 0 Å². The molecular formula is C62H69IrN3OSi. The van der Waals surface area contributed by atoms with Gasteiger partial charge in [0.05, 0.1) is 25.2 Å². The second-order valence-electron chi connectivity index (χ2n) is 21.7. The molecule has 0 fully saturated rings. The van der Waals surface area contributed by atoms with Gasteiger partial charge in [-0.25, -0.2) is 0 Å². The molecule has 0 bridgehead atoms. The Hall–Kier alpha value is -5.78. The smallest absolute Gasteiger partial charge is 0.143 e. The quantitative estimate of drug-likeness (QED) is 0.135. The molecule has 0 saturated heterocycles. The van der Waals surface area contributed by atoms with Gasteiger partial charge in [0.2, 0.25) is 0 Å². The van der Waals surface area contributed by atoms with E-state index in [0.717, 1.165) is 69.4 Å². The molecule has 9 aromatic rings. The topological polar surface area (TPSA) is 51.8 Å². The maximum atomic E-state index is 6.28. The van der Waals surface area contributed by atoms with Crippen molar-refractivity contribution >= 4 is 35.2 Å². The Bertz CT molecular complexity index is 3010. The summed E-state index contributed by atoms with van der Waals surface area (Å²) in [5, 5.41) is 3.77. The third-order valence-corrected chi connectivity index (χ3v) is 13.6. The monoisotopic (exact) mass is 1090 g/mol. The zero-order chi connectivity index (χ0) is 47.8. The van der Waals surface area contributed by atoms with Crippen LogP contribution in [0.25, 0.3) is 66.8 Å². The Kier molecular flexibility index (Phi) is 17.1. The summed E-state index contributed by atoms with van der Waals surface area (Å²) in [5.74, 6) is 0.627. The molecule has 0 aliphatic rings. The first-order valence-electron chi connectivity index (χ1n) is 23.9. The van der Waals surface area contributed by atoms with Gasteiger partial charge in [-0.05, 0) is 112 Å². The van der Waals surface area contributed by atoms with Crippen LogP contribution in [0, 0.1) is 16.7 Å². The van der Waals surface area contributed by atoms with E-state index in [1.54, 1.807) is 0 Å². The molecule has 4 heterocycles. The Balaban J connectivity index is 0.000000174. The van der Waals surface area contributed by atoms with E-state index < -0.39 is 8.07 Å². The second-order valence-corrected chi connectivity index (χ2v) is 26.8. The number of para-hydroxylation sites is 1. The van der Waals surface area contributed by atoms with E-state index in [1.807, 2.05) is 36.7 Å². The normalized spacial score (nSPS) is 11.6. The number of nitrogens with zero attached hydrogens (tertiary/aromatic N) is 3. The third kappa shape index (κ3) is 14.1. The summed E-state index contributed by atoms with van der Waals surface area (Å²) in [6.07, 6.45) is 9.20. The minimum Gasteiger partial charge on any atom is -0.455 e. The molecule has 4 aromatic heterocycles. The zero-order valence-electron chi connectivity index (χ0n) is 42.0. The van der Waals surface area contributed by atoms with Crippen LogP contribution in [0.15, 0.2) is 181 Å². The molecule has 0 N–H and O–H groups in total. The number of rotatable bonds is 9. The van der Waals surface area contributed by atoms with E-state index in [4.69, 9.17) is 9.40 Å². The minimum atomic E-state index is -1.36. The fourth-order valence-electron chi connectivity index (χ4n) is 8.65. The van der Waals surface area contributed by atoms with Gasteiger partial charge in [-0.2, -0.15) is 0 Å². The summed E-state index contributed by atoms with van der Waals surface area (Å²) < 4.78 is 6.28. The van der Waals surface area contributed by atoms with Crippen molar-refractivity contribution in [3.8, 4) is 44.9 Å². The summed E-state index contributed by atoms with van der Waals surface area (Å²) in [5.41, 5.74) is 15.6. The summed E-state index contributed by atoms with van der Waals surface area (Å²) in [4.78, 5) is 13.8. The van der Waals surface area contributed by atoms with Gasteiger partial charge in [0.25, 0.3) is 0 Å². The second kappa shape index (κ2) is 22.5. The van der Waals surface area contributed by atoms with E-state index in [1.165, 1.54) is 38.6 Å². The Morgan fingerprint density at radius 3 is 1.59 bits per heavy atom. The fourth-order valence-corrected chi connectivity index (χ4v) is 10.2. The maximum Gasteiger partial charge on any atom is 0.143 e. The van der Waals surface area contributed by atoms with Crippen molar-refractivity contribution in [2.75, 3.05) is 0 Å². The molecule has 0 atom stereocenters. The van der Waals surface area contributed by atoms with Gasteiger partial charge in [-0.15, -0.1) is 0 Å². The molecule has 0 amide bonds. The average molecular weight is 1090 g/mol. The molecule has 0 aliphatic carbocycles. The molecule has 9 rings (SSSR count). The first-order valence-corrected chi connectivity index (χ1v) is 27.4. The molecule has 1 radical (unpaired) electrons. The summed E-state index contributed by atoms with van der Waals surface area (Å²) in [7, 11) is -1.36. The van der Waals surface area contributed by atoms with Crippen molar-refractivity contribution in [3.63, 3.8) is 0 Å². The zero-order valence-corrected chi connectivity index (χ0v) is 45.4. The molecule has 6 heteroatoms. The van der Waals surface area contributed by atoms with Crippen LogP contribution in [0.5, 0.6) is 0 Å². The van der Waals surface area contributed by atoms with E-state index in [0.29, 0.717) is 16.7 Å². The fraction of sp³-hybridized carbons (Fsp3) is 0.274. The predicted molar refractivity (Wildman–Crippen MR) is 290 cm³/mol. The molecule has 0 aliphatic heterocycles. The van der Waals surface area contributed by atoms with Gasteiger partial charge in [0.15, 0.2) is 0 Å². The van der Waals surface area contributed by atoms with Crippen molar-refractivity contribution in [1.29, 1.82) is 0 Å². The molecule has 4 nitrogen and oxygen atoms in total. The standard InChI is InChI=1S/C27H23NO.C19H27NSi.C16H19N.Ir/c1-18(2)15-19-13-14-28-25(16-19)21-11-12-26-24(17-21)23-10-6-9-22(27(23)29-26)20-7-4-3-5-8-20;1-19(2,3)13-16-12-17(15-10-8-7-9-11-15)20-14-18(16)21(4,5)6;1-16(2,3)12-13-9-10-17-15(11-13)14-7-5-4-6-8-14;/h3-14,16-18H,15H2,1-2H3;7-12,14H,13H2,1-6H3;4-11H,12H2,1-3H3;. The van der Waals surface area contributed by atoms with Gasteiger partial charge in [0, 0.05) is 71.7 Å². The SMILES string of the molecule is CC(C)(C)Cc1cc(-c2ccccc2)ncc1[Si](C)(C)C.CC(C)(C)Cc1ccnc(-c2ccccc2)c1.CC(C)Cc1ccnc(-c2ccc3oc4c(-c5ccccc5)cccc4c3c2)c1.[Ir]. The number of fused-ring (bicyclic) bond motifs is 3. The van der Waals surface area contributed by atoms with Crippen molar-refractivity contribution in [2.24, 2.45) is 16.7 Å². The van der Waals surface area contributed by atoms with Crippen molar-refractivity contribution in [2.45, 2.75) is 94.3 Å². The summed E-state index contributed by atoms with van der Waals surface area (Å²) in [6, 6.07) is 54.9. The predicted octanol–water partition coefficient (Wildman–Crippen LogP) is 16.7. The van der Waals surface area contributed by atoms with Crippen LogP contribution >= 0.6 is 0 Å². The molecule has 351 valence electrons. The van der Waals surface area contributed by atoms with Crippen LogP contribution in [0.3, 0.4) is 0 Å². The molecule has 0 saturated carbocycles. The van der Waals surface area contributed by atoms with Crippen molar-refractivity contribution < 1.29 is 24.5 Å². The number of aromatic nitrogens is 3. The van der Waals surface area contributed by atoms with Gasteiger partial charge < -0.3 is 4.42 Å². The average Bonchev–Trinajstić information content (AvgIpc) is 3.67. The van der Waals surface area contributed by atoms with Crippen LogP contribution < -0.4 is 5.19 Å². The minimum absolute atomic E-state index is 0. The third-order valence-electron chi connectivity index (χ3n) is 11.6. The molecule has 0 unspecified atom stereocenters. The van der Waals surface area contributed by atoms with Gasteiger partial charge >= 0.3 is 0 Å².